The molecule has 23 heavy (non-hydrogen) atoms. The predicted molar refractivity (Wildman–Crippen MR) is 86.0 cm³/mol. The second-order valence-corrected chi connectivity index (χ2v) is 6.03. The number of hydrogen-bond acceptors (Lipinski definition) is 1. The van der Waals surface area contributed by atoms with E-state index in [4.69, 9.17) is 0 Å². The summed E-state index contributed by atoms with van der Waals surface area (Å²) in [7, 11) is 0. The highest BCUT2D eigenvalue weighted by atomic mass is 19.4. The predicted octanol–water partition coefficient (Wildman–Crippen LogP) is 4.61. The number of benzene rings is 1. The SMILES string of the molecule is CC(C)C/C=C/[C@@H](C)N(CCc1ccccc1)C(=O)C(F)(F)F. The van der Waals surface area contributed by atoms with Crippen molar-refractivity contribution in [2.24, 2.45) is 5.92 Å². The highest BCUT2D eigenvalue weighted by Crippen LogP contribution is 2.21. The zero-order valence-corrected chi connectivity index (χ0v) is 13.8. The Bertz CT molecular complexity index is 509. The van der Waals surface area contributed by atoms with Crippen molar-refractivity contribution in [1.29, 1.82) is 0 Å². The molecule has 5 heteroatoms. The molecule has 0 aliphatic heterocycles. The molecular formula is C18H24F3NO. The smallest absolute Gasteiger partial charge is 0.328 e. The third-order valence-corrected chi connectivity index (χ3v) is 3.50. The highest BCUT2D eigenvalue weighted by molar-refractivity contribution is 5.82. The quantitative estimate of drug-likeness (QED) is 0.670. The molecule has 1 atom stereocenters. The van der Waals surface area contributed by atoms with Gasteiger partial charge in [-0.3, -0.25) is 4.79 Å². The van der Waals surface area contributed by atoms with Gasteiger partial charge in [0, 0.05) is 12.6 Å². The van der Waals surface area contributed by atoms with Gasteiger partial charge in [0.2, 0.25) is 0 Å². The van der Waals surface area contributed by atoms with Crippen LogP contribution in [0, 0.1) is 5.92 Å². The van der Waals surface area contributed by atoms with Gasteiger partial charge >= 0.3 is 12.1 Å². The molecule has 0 spiro atoms. The van der Waals surface area contributed by atoms with Crippen molar-refractivity contribution in [3.63, 3.8) is 0 Å². The molecule has 1 rings (SSSR count). The summed E-state index contributed by atoms with van der Waals surface area (Å²) in [5.41, 5.74) is 0.908. The molecule has 0 N–H and O–H groups in total. The monoisotopic (exact) mass is 327 g/mol. The number of carbonyl (C=O) groups is 1. The van der Waals surface area contributed by atoms with Gasteiger partial charge in [-0.25, -0.2) is 0 Å². The highest BCUT2D eigenvalue weighted by Gasteiger charge is 2.43. The number of carbonyl (C=O) groups excluding carboxylic acids is 1. The second kappa shape index (κ2) is 8.75. The van der Waals surface area contributed by atoms with Gasteiger partial charge in [0.25, 0.3) is 0 Å². The fourth-order valence-electron chi connectivity index (χ4n) is 2.20. The van der Waals surface area contributed by atoms with E-state index in [2.05, 4.69) is 0 Å². The molecule has 0 aromatic heterocycles. The summed E-state index contributed by atoms with van der Waals surface area (Å²) in [5.74, 6) is -1.36. The number of halogens is 3. The van der Waals surface area contributed by atoms with Crippen LogP contribution in [0.5, 0.6) is 0 Å². The van der Waals surface area contributed by atoms with Gasteiger partial charge in [0.05, 0.1) is 0 Å². The Kier molecular flexibility index (Phi) is 7.33. The third kappa shape index (κ3) is 6.89. The standard InChI is InChI=1S/C18H24F3NO/c1-14(2)8-7-9-15(3)22(17(23)18(19,20)21)13-12-16-10-5-4-6-11-16/h4-7,9-11,14-15H,8,12-13H2,1-3H3/b9-7+/t15-/m1/s1. The maximum Gasteiger partial charge on any atom is 0.471 e. The summed E-state index contributed by atoms with van der Waals surface area (Å²) >= 11 is 0. The van der Waals surface area contributed by atoms with E-state index in [-0.39, 0.29) is 6.54 Å². The lowest BCUT2D eigenvalue weighted by Crippen LogP contribution is -2.46. The molecule has 0 unspecified atom stereocenters. The summed E-state index contributed by atoms with van der Waals surface area (Å²) in [5, 5.41) is 0. The summed E-state index contributed by atoms with van der Waals surface area (Å²) in [6.07, 6.45) is -0.165. The van der Waals surface area contributed by atoms with Crippen LogP contribution in [-0.2, 0) is 11.2 Å². The Morgan fingerprint density at radius 1 is 1.17 bits per heavy atom. The van der Waals surface area contributed by atoms with Crippen LogP contribution in [-0.4, -0.2) is 29.6 Å². The molecule has 0 fully saturated rings. The molecule has 0 saturated carbocycles. The molecule has 2 nitrogen and oxygen atoms in total. The Morgan fingerprint density at radius 2 is 1.78 bits per heavy atom. The van der Waals surface area contributed by atoms with Gasteiger partial charge in [-0.15, -0.1) is 0 Å². The summed E-state index contributed by atoms with van der Waals surface area (Å²) < 4.78 is 38.5. The Balaban J connectivity index is 2.80. The second-order valence-electron chi connectivity index (χ2n) is 6.03. The lowest BCUT2D eigenvalue weighted by Gasteiger charge is -2.28. The molecule has 0 saturated heterocycles. The maximum absolute atomic E-state index is 12.8. The minimum absolute atomic E-state index is 0.0372. The summed E-state index contributed by atoms with van der Waals surface area (Å²) in [6.45, 7) is 5.72. The zero-order valence-electron chi connectivity index (χ0n) is 13.8. The molecule has 1 amide bonds. The molecule has 128 valence electrons. The fraction of sp³-hybridized carbons (Fsp3) is 0.500. The maximum atomic E-state index is 12.8. The van der Waals surface area contributed by atoms with Crippen LogP contribution in [0.4, 0.5) is 13.2 Å². The Morgan fingerprint density at radius 3 is 2.30 bits per heavy atom. The van der Waals surface area contributed by atoms with E-state index in [1.165, 1.54) is 0 Å². The molecule has 0 heterocycles. The summed E-state index contributed by atoms with van der Waals surface area (Å²) in [6, 6.07) is 8.60. The van der Waals surface area contributed by atoms with E-state index in [0.717, 1.165) is 16.9 Å². The van der Waals surface area contributed by atoms with E-state index in [1.54, 1.807) is 13.0 Å². The van der Waals surface area contributed by atoms with Crippen LogP contribution < -0.4 is 0 Å². The first-order chi connectivity index (χ1) is 10.7. The molecule has 1 aromatic rings. The minimum atomic E-state index is -4.85. The van der Waals surface area contributed by atoms with Crippen molar-refractivity contribution in [2.75, 3.05) is 6.54 Å². The normalized spacial score (nSPS) is 13.5. The van der Waals surface area contributed by atoms with Crippen LogP contribution >= 0.6 is 0 Å². The van der Waals surface area contributed by atoms with Crippen LogP contribution in [0.25, 0.3) is 0 Å². The molecule has 0 aliphatic carbocycles. The first-order valence-electron chi connectivity index (χ1n) is 7.80. The molecule has 1 aromatic carbocycles. The first kappa shape index (κ1) is 19.3. The van der Waals surface area contributed by atoms with Gasteiger partial charge in [0.15, 0.2) is 0 Å². The van der Waals surface area contributed by atoms with Crippen molar-refractivity contribution < 1.29 is 18.0 Å². The topological polar surface area (TPSA) is 20.3 Å². The van der Waals surface area contributed by atoms with Crippen molar-refractivity contribution in [2.45, 2.75) is 45.8 Å². The van der Waals surface area contributed by atoms with Crippen molar-refractivity contribution in [3.05, 3.63) is 48.0 Å². The largest absolute Gasteiger partial charge is 0.471 e. The summed E-state index contributed by atoms with van der Waals surface area (Å²) in [4.78, 5) is 12.6. The van der Waals surface area contributed by atoms with E-state index in [9.17, 15) is 18.0 Å². The molecular weight excluding hydrogens is 303 g/mol. The van der Waals surface area contributed by atoms with Gasteiger partial charge < -0.3 is 4.90 Å². The number of alkyl halides is 3. The van der Waals surface area contributed by atoms with Gasteiger partial charge in [-0.2, -0.15) is 13.2 Å². The third-order valence-electron chi connectivity index (χ3n) is 3.50. The Labute approximate surface area is 136 Å². The van der Waals surface area contributed by atoms with Gasteiger partial charge in [0.1, 0.15) is 0 Å². The molecule has 0 bridgehead atoms. The van der Waals surface area contributed by atoms with Crippen LogP contribution in [0.2, 0.25) is 0 Å². The van der Waals surface area contributed by atoms with Crippen molar-refractivity contribution in [1.82, 2.24) is 4.90 Å². The van der Waals surface area contributed by atoms with E-state index < -0.39 is 18.1 Å². The van der Waals surface area contributed by atoms with Crippen LogP contribution in [0.15, 0.2) is 42.5 Å². The average Bonchev–Trinajstić information content (AvgIpc) is 2.47. The molecule has 0 radical (unpaired) electrons. The van der Waals surface area contributed by atoms with E-state index in [0.29, 0.717) is 12.3 Å². The number of nitrogens with zero attached hydrogens (tertiary/aromatic N) is 1. The lowest BCUT2D eigenvalue weighted by molar-refractivity contribution is -0.186. The number of hydrogen-bond donors (Lipinski definition) is 0. The van der Waals surface area contributed by atoms with E-state index >= 15 is 0 Å². The fourth-order valence-corrected chi connectivity index (χ4v) is 2.20. The van der Waals surface area contributed by atoms with Gasteiger partial charge in [-0.1, -0.05) is 56.3 Å². The van der Waals surface area contributed by atoms with Crippen LogP contribution in [0.3, 0.4) is 0 Å². The molecule has 0 aliphatic rings. The number of rotatable bonds is 7. The average molecular weight is 327 g/mol. The van der Waals surface area contributed by atoms with E-state index in [1.807, 2.05) is 50.3 Å². The lowest BCUT2D eigenvalue weighted by atomic mass is 10.1. The minimum Gasteiger partial charge on any atom is -0.328 e. The van der Waals surface area contributed by atoms with Crippen molar-refractivity contribution in [3.8, 4) is 0 Å². The number of allylic oxidation sites excluding steroid dienone is 1. The zero-order chi connectivity index (χ0) is 17.5. The van der Waals surface area contributed by atoms with Crippen LogP contribution in [0.1, 0.15) is 32.8 Å². The number of amides is 1. The van der Waals surface area contributed by atoms with Crippen molar-refractivity contribution >= 4 is 5.91 Å². The first-order valence-corrected chi connectivity index (χ1v) is 7.80. The Hall–Kier alpha value is -1.78. The van der Waals surface area contributed by atoms with Gasteiger partial charge in [-0.05, 0) is 31.2 Å².